The Balaban J connectivity index is 1.92. The van der Waals surface area contributed by atoms with Crippen molar-refractivity contribution in [3.05, 3.63) is 21.4 Å². The first-order valence-electron chi connectivity index (χ1n) is 9.08. The summed E-state index contributed by atoms with van der Waals surface area (Å²) in [5, 5.41) is 19.4. The molecule has 1 fully saturated rings. The SMILES string of the molecule is COC1=N[C@H]2C[C@@H](O)CC3=C2C2(CCCC[C@@H]2O3)C(Br)=C1CCC#N. The summed E-state index contributed by atoms with van der Waals surface area (Å²) in [6, 6.07) is 2.13. The van der Waals surface area contributed by atoms with Crippen LogP contribution in [0.25, 0.3) is 0 Å². The van der Waals surface area contributed by atoms with Gasteiger partial charge >= 0.3 is 0 Å². The maximum Gasteiger partial charge on any atom is 0.213 e. The van der Waals surface area contributed by atoms with E-state index in [1.807, 2.05) is 0 Å². The number of hydrogen-bond acceptors (Lipinski definition) is 5. The van der Waals surface area contributed by atoms with Crippen LogP contribution in [0.2, 0.25) is 0 Å². The average molecular weight is 407 g/mol. The molecule has 134 valence electrons. The molecule has 0 aromatic rings. The van der Waals surface area contributed by atoms with Crippen LogP contribution in [0.15, 0.2) is 26.4 Å². The fourth-order valence-electron chi connectivity index (χ4n) is 5.05. The van der Waals surface area contributed by atoms with Crippen LogP contribution in [-0.4, -0.2) is 36.4 Å². The molecule has 4 aliphatic rings. The molecule has 0 aromatic carbocycles. The summed E-state index contributed by atoms with van der Waals surface area (Å²) in [6.45, 7) is 0. The predicted molar refractivity (Wildman–Crippen MR) is 97.1 cm³/mol. The lowest BCUT2D eigenvalue weighted by Gasteiger charge is -2.41. The standard InChI is InChI=1S/C19H23BrN2O3/c1-24-18-12(5-4-8-21)17(20)19-7-3-2-6-15(19)25-14-10-11(23)9-13(22-18)16(14)19/h11,13,15,23H,2-7,9-10H2,1H3/t11-,13+,15+,19?/m1/s1. The van der Waals surface area contributed by atoms with E-state index in [0.717, 1.165) is 41.5 Å². The van der Waals surface area contributed by atoms with Crippen molar-refractivity contribution in [3.63, 3.8) is 0 Å². The van der Waals surface area contributed by atoms with Crippen LogP contribution in [0.1, 0.15) is 51.4 Å². The number of aliphatic hydroxyl groups excluding tert-OH is 1. The minimum Gasteiger partial charge on any atom is -0.493 e. The van der Waals surface area contributed by atoms with Gasteiger partial charge in [-0.15, -0.1) is 0 Å². The van der Waals surface area contributed by atoms with Gasteiger partial charge in [-0.25, -0.2) is 4.99 Å². The molecule has 4 rings (SSSR count). The molecular weight excluding hydrogens is 384 g/mol. The van der Waals surface area contributed by atoms with E-state index >= 15 is 0 Å². The van der Waals surface area contributed by atoms with Crippen LogP contribution in [0.4, 0.5) is 0 Å². The van der Waals surface area contributed by atoms with Crippen LogP contribution in [0.5, 0.6) is 0 Å². The van der Waals surface area contributed by atoms with Crippen LogP contribution < -0.4 is 0 Å². The van der Waals surface area contributed by atoms with Gasteiger partial charge in [0, 0.05) is 34.9 Å². The molecule has 2 aliphatic heterocycles. The maximum absolute atomic E-state index is 10.3. The molecule has 0 bridgehead atoms. The summed E-state index contributed by atoms with van der Waals surface area (Å²) < 4.78 is 13.1. The van der Waals surface area contributed by atoms with E-state index < -0.39 is 6.10 Å². The second kappa shape index (κ2) is 6.44. The Kier molecular flexibility index (Phi) is 4.41. The number of hydrogen-bond donors (Lipinski definition) is 1. The summed E-state index contributed by atoms with van der Waals surface area (Å²) in [6.07, 6.45) is 6.22. The molecular formula is C19H23BrN2O3. The van der Waals surface area contributed by atoms with Gasteiger partial charge in [0.05, 0.1) is 30.7 Å². The highest BCUT2D eigenvalue weighted by molar-refractivity contribution is 9.11. The van der Waals surface area contributed by atoms with Gasteiger partial charge in [0.1, 0.15) is 11.9 Å². The molecule has 4 atom stereocenters. The third kappa shape index (κ3) is 2.47. The van der Waals surface area contributed by atoms with Crippen LogP contribution in [0, 0.1) is 16.7 Å². The summed E-state index contributed by atoms with van der Waals surface area (Å²) in [4.78, 5) is 4.88. The average Bonchev–Trinajstić information content (AvgIpc) is 2.90. The molecule has 25 heavy (non-hydrogen) atoms. The molecule has 1 saturated carbocycles. The lowest BCUT2D eigenvalue weighted by Crippen LogP contribution is -2.40. The predicted octanol–water partition coefficient (Wildman–Crippen LogP) is 3.73. The number of ether oxygens (including phenoxy) is 2. The topological polar surface area (TPSA) is 74.8 Å². The third-order valence-corrected chi connectivity index (χ3v) is 7.21. The number of aliphatic imine (C=N–C) groups is 1. The van der Waals surface area contributed by atoms with E-state index in [1.165, 1.54) is 5.57 Å². The number of nitrogens with zero attached hydrogens (tertiary/aromatic N) is 2. The normalized spacial score (nSPS) is 36.7. The summed E-state index contributed by atoms with van der Waals surface area (Å²) in [7, 11) is 1.63. The molecule has 1 spiro atoms. The molecule has 2 heterocycles. The van der Waals surface area contributed by atoms with E-state index in [2.05, 4.69) is 22.0 Å². The molecule has 0 amide bonds. The summed E-state index contributed by atoms with van der Waals surface area (Å²) in [5.41, 5.74) is 2.03. The third-order valence-electron chi connectivity index (χ3n) is 6.02. The Labute approximate surface area is 156 Å². The zero-order chi connectivity index (χ0) is 17.6. The minimum absolute atomic E-state index is 0.0944. The van der Waals surface area contributed by atoms with Crippen molar-refractivity contribution in [2.75, 3.05) is 7.11 Å². The fraction of sp³-hybridized carbons (Fsp3) is 0.684. The molecule has 2 aliphatic carbocycles. The quantitative estimate of drug-likeness (QED) is 0.757. The van der Waals surface area contributed by atoms with Gasteiger partial charge in [-0.2, -0.15) is 5.26 Å². The number of halogens is 1. The van der Waals surface area contributed by atoms with Gasteiger partial charge in [0.25, 0.3) is 0 Å². The molecule has 0 radical (unpaired) electrons. The van der Waals surface area contributed by atoms with E-state index in [9.17, 15) is 5.11 Å². The van der Waals surface area contributed by atoms with Gasteiger partial charge in [-0.1, -0.05) is 22.4 Å². The largest absolute Gasteiger partial charge is 0.493 e. The van der Waals surface area contributed by atoms with Crippen LogP contribution >= 0.6 is 15.9 Å². The Morgan fingerprint density at radius 2 is 2.32 bits per heavy atom. The highest BCUT2D eigenvalue weighted by atomic mass is 79.9. The molecule has 0 aromatic heterocycles. The monoisotopic (exact) mass is 406 g/mol. The van der Waals surface area contributed by atoms with E-state index in [1.54, 1.807) is 7.11 Å². The number of aliphatic hydroxyl groups is 1. The van der Waals surface area contributed by atoms with Crippen molar-refractivity contribution in [2.24, 2.45) is 10.4 Å². The summed E-state index contributed by atoms with van der Waals surface area (Å²) >= 11 is 3.91. The van der Waals surface area contributed by atoms with Crippen molar-refractivity contribution in [2.45, 2.75) is 69.6 Å². The first-order chi connectivity index (χ1) is 12.1. The van der Waals surface area contributed by atoms with Crippen molar-refractivity contribution in [3.8, 4) is 6.07 Å². The van der Waals surface area contributed by atoms with Gasteiger partial charge in [0.2, 0.25) is 5.90 Å². The number of rotatable bonds is 2. The second-order valence-corrected chi connectivity index (χ2v) is 8.15. The van der Waals surface area contributed by atoms with Crippen molar-refractivity contribution >= 4 is 21.8 Å². The molecule has 0 saturated heterocycles. The maximum atomic E-state index is 10.3. The van der Waals surface area contributed by atoms with Gasteiger partial charge in [-0.05, 0) is 25.7 Å². The van der Waals surface area contributed by atoms with E-state index in [-0.39, 0.29) is 17.6 Å². The number of nitriles is 1. The zero-order valence-electron chi connectivity index (χ0n) is 14.4. The summed E-state index contributed by atoms with van der Waals surface area (Å²) in [5.74, 6) is 1.54. The Hall–Kier alpha value is -1.32. The van der Waals surface area contributed by atoms with Crippen LogP contribution in [0.3, 0.4) is 0 Å². The van der Waals surface area contributed by atoms with Crippen molar-refractivity contribution < 1.29 is 14.6 Å². The molecule has 1 unspecified atom stereocenters. The van der Waals surface area contributed by atoms with Crippen molar-refractivity contribution in [1.29, 1.82) is 5.26 Å². The second-order valence-electron chi connectivity index (χ2n) is 7.36. The van der Waals surface area contributed by atoms with Gasteiger partial charge in [0.15, 0.2) is 0 Å². The minimum atomic E-state index is -0.428. The van der Waals surface area contributed by atoms with Gasteiger partial charge in [-0.3, -0.25) is 0 Å². The highest BCUT2D eigenvalue weighted by Crippen LogP contribution is 2.62. The highest BCUT2D eigenvalue weighted by Gasteiger charge is 2.58. The number of methoxy groups -OCH3 is 1. The first-order valence-corrected chi connectivity index (χ1v) is 9.87. The Bertz CT molecular complexity index is 721. The Morgan fingerprint density at radius 1 is 1.48 bits per heavy atom. The van der Waals surface area contributed by atoms with E-state index in [4.69, 9.17) is 19.7 Å². The molecule has 1 N–H and O–H groups in total. The molecule has 5 nitrogen and oxygen atoms in total. The van der Waals surface area contributed by atoms with Crippen LogP contribution in [-0.2, 0) is 9.47 Å². The van der Waals surface area contributed by atoms with Gasteiger partial charge < -0.3 is 14.6 Å². The molecule has 6 heteroatoms. The Morgan fingerprint density at radius 3 is 3.08 bits per heavy atom. The smallest absolute Gasteiger partial charge is 0.213 e. The first kappa shape index (κ1) is 17.1. The fourth-order valence-corrected chi connectivity index (χ4v) is 6.08. The lowest BCUT2D eigenvalue weighted by atomic mass is 9.64. The lowest BCUT2D eigenvalue weighted by molar-refractivity contribution is 0.0378. The van der Waals surface area contributed by atoms with Crippen molar-refractivity contribution in [1.82, 2.24) is 0 Å². The zero-order valence-corrected chi connectivity index (χ0v) is 16.0. The van der Waals surface area contributed by atoms with E-state index in [0.29, 0.717) is 31.6 Å².